The molecule has 34 heavy (non-hydrogen) atoms. The van der Waals surface area contributed by atoms with E-state index in [0.717, 1.165) is 22.5 Å². The molecule has 0 aliphatic carbocycles. The molecule has 1 aliphatic heterocycles. The molecule has 2 atom stereocenters. The van der Waals surface area contributed by atoms with Gasteiger partial charge in [-0.25, -0.2) is 15.0 Å². The fourth-order valence-electron chi connectivity index (χ4n) is 4.67. The summed E-state index contributed by atoms with van der Waals surface area (Å²) in [4.78, 5) is 44.9. The number of amides is 2. The van der Waals surface area contributed by atoms with Gasteiger partial charge in [0.15, 0.2) is 0 Å². The molecule has 0 bridgehead atoms. The van der Waals surface area contributed by atoms with Gasteiger partial charge in [-0.3, -0.25) is 14.7 Å². The Morgan fingerprint density at radius 2 is 1.97 bits per heavy atom. The van der Waals surface area contributed by atoms with Gasteiger partial charge in [0.2, 0.25) is 11.7 Å². The highest BCUT2D eigenvalue weighted by atomic mass is 16.2. The lowest BCUT2D eigenvalue weighted by molar-refractivity contribution is -0.133. The van der Waals surface area contributed by atoms with Gasteiger partial charge >= 0.3 is 0 Å². The Kier molecular flexibility index (Phi) is 5.44. The predicted octanol–water partition coefficient (Wildman–Crippen LogP) is 2.93. The molecule has 1 fully saturated rings. The normalized spacial score (nSPS) is 18.3. The smallest absolute Gasteiger partial charge is 0.293 e. The van der Waals surface area contributed by atoms with Gasteiger partial charge < -0.3 is 20.1 Å². The second kappa shape index (κ2) is 8.58. The van der Waals surface area contributed by atoms with Gasteiger partial charge in [0, 0.05) is 52.1 Å². The number of aromatic amines is 2. The SMILES string of the molecule is CC(=O)N1[C@H](C)CN(c2cccc(-c3c[nH]c4ncc(NC(=O)c5ncn[nH]5)cc34)n2)C[C@@H]1C.[HH].[HH]. The molecular formula is C23H29N9O2. The van der Waals surface area contributed by atoms with Crippen molar-refractivity contribution in [3.8, 4) is 11.3 Å². The lowest BCUT2D eigenvalue weighted by Crippen LogP contribution is -2.58. The molecule has 4 aromatic rings. The van der Waals surface area contributed by atoms with Crippen LogP contribution in [-0.4, -0.2) is 72.0 Å². The van der Waals surface area contributed by atoms with Gasteiger partial charge in [-0.15, -0.1) is 0 Å². The summed E-state index contributed by atoms with van der Waals surface area (Å²) < 4.78 is 0. The topological polar surface area (TPSA) is 136 Å². The van der Waals surface area contributed by atoms with Gasteiger partial charge in [0.05, 0.1) is 17.6 Å². The van der Waals surface area contributed by atoms with E-state index in [2.05, 4.69) is 49.2 Å². The summed E-state index contributed by atoms with van der Waals surface area (Å²) in [5.74, 6) is 0.677. The molecule has 1 aliphatic rings. The lowest BCUT2D eigenvalue weighted by Gasteiger charge is -2.44. The minimum atomic E-state index is -0.399. The van der Waals surface area contributed by atoms with Crippen molar-refractivity contribution >= 4 is 34.4 Å². The summed E-state index contributed by atoms with van der Waals surface area (Å²) in [7, 11) is 0. The second-order valence-corrected chi connectivity index (χ2v) is 8.52. The summed E-state index contributed by atoms with van der Waals surface area (Å²) in [5.41, 5.74) is 2.90. The van der Waals surface area contributed by atoms with Crippen molar-refractivity contribution in [2.75, 3.05) is 23.3 Å². The third-order valence-electron chi connectivity index (χ3n) is 6.04. The first-order valence-electron chi connectivity index (χ1n) is 11.1. The van der Waals surface area contributed by atoms with E-state index in [1.54, 1.807) is 13.1 Å². The van der Waals surface area contributed by atoms with Crippen LogP contribution in [0.2, 0.25) is 0 Å². The minimum absolute atomic E-state index is 0. The highest BCUT2D eigenvalue weighted by molar-refractivity contribution is 6.03. The average molecular weight is 464 g/mol. The molecule has 5 heterocycles. The Morgan fingerprint density at radius 1 is 1.18 bits per heavy atom. The molecule has 178 valence electrons. The number of carbonyl (C=O) groups is 2. The molecule has 0 unspecified atom stereocenters. The molecule has 5 rings (SSSR count). The van der Waals surface area contributed by atoms with E-state index in [0.29, 0.717) is 24.4 Å². The maximum atomic E-state index is 12.3. The minimum Gasteiger partial charge on any atom is -0.352 e. The summed E-state index contributed by atoms with van der Waals surface area (Å²) in [6, 6.07) is 7.96. The van der Waals surface area contributed by atoms with E-state index < -0.39 is 5.91 Å². The number of rotatable bonds is 4. The van der Waals surface area contributed by atoms with Crippen LogP contribution in [0.1, 0.15) is 34.2 Å². The molecule has 0 saturated carbocycles. The van der Waals surface area contributed by atoms with E-state index in [1.807, 2.05) is 35.4 Å². The van der Waals surface area contributed by atoms with Gasteiger partial charge in [-0.05, 0) is 32.0 Å². The number of nitrogens with zero attached hydrogens (tertiary/aromatic N) is 6. The zero-order valence-corrected chi connectivity index (χ0v) is 19.1. The zero-order chi connectivity index (χ0) is 23.8. The van der Waals surface area contributed by atoms with E-state index in [-0.39, 0.29) is 26.7 Å². The highest BCUT2D eigenvalue weighted by Gasteiger charge is 2.31. The molecule has 4 aromatic heterocycles. The Balaban J connectivity index is 0.00000180. The average Bonchev–Trinajstić information content (AvgIpc) is 3.48. The van der Waals surface area contributed by atoms with Crippen LogP contribution in [0.25, 0.3) is 22.3 Å². The summed E-state index contributed by atoms with van der Waals surface area (Å²) in [5, 5.41) is 9.86. The second-order valence-electron chi connectivity index (χ2n) is 8.52. The molecule has 3 N–H and O–H groups in total. The molecule has 1 saturated heterocycles. The molecule has 11 nitrogen and oxygen atoms in total. The maximum absolute atomic E-state index is 12.3. The fourth-order valence-corrected chi connectivity index (χ4v) is 4.67. The lowest BCUT2D eigenvalue weighted by atomic mass is 10.1. The van der Waals surface area contributed by atoms with Crippen molar-refractivity contribution in [1.29, 1.82) is 0 Å². The zero-order valence-electron chi connectivity index (χ0n) is 19.1. The van der Waals surface area contributed by atoms with Crippen LogP contribution in [0.15, 0.2) is 43.0 Å². The van der Waals surface area contributed by atoms with Crippen molar-refractivity contribution in [1.82, 2.24) is 35.0 Å². The molecule has 0 spiro atoms. The van der Waals surface area contributed by atoms with Crippen LogP contribution in [-0.2, 0) is 4.79 Å². The van der Waals surface area contributed by atoms with E-state index in [1.165, 1.54) is 6.33 Å². The number of nitrogens with one attached hydrogen (secondary N) is 3. The third-order valence-corrected chi connectivity index (χ3v) is 6.04. The molecule has 2 amide bonds. The number of hydrogen-bond donors (Lipinski definition) is 3. The summed E-state index contributed by atoms with van der Waals surface area (Å²) >= 11 is 0. The van der Waals surface area contributed by atoms with Crippen molar-refractivity contribution < 1.29 is 12.4 Å². The Labute approximate surface area is 198 Å². The first-order chi connectivity index (χ1) is 16.4. The van der Waals surface area contributed by atoms with Crippen LogP contribution < -0.4 is 10.2 Å². The number of piperazine rings is 1. The van der Waals surface area contributed by atoms with E-state index in [9.17, 15) is 9.59 Å². The van der Waals surface area contributed by atoms with Gasteiger partial charge in [-0.1, -0.05) is 6.07 Å². The first-order valence-corrected chi connectivity index (χ1v) is 11.1. The van der Waals surface area contributed by atoms with E-state index >= 15 is 0 Å². The Morgan fingerprint density at radius 3 is 2.68 bits per heavy atom. The highest BCUT2D eigenvalue weighted by Crippen LogP contribution is 2.30. The van der Waals surface area contributed by atoms with Crippen molar-refractivity contribution in [2.24, 2.45) is 0 Å². The number of carbonyl (C=O) groups excluding carboxylic acids is 2. The maximum Gasteiger partial charge on any atom is 0.293 e. The van der Waals surface area contributed by atoms with Crippen molar-refractivity contribution in [2.45, 2.75) is 32.9 Å². The molecule has 11 heteroatoms. The number of anilines is 2. The van der Waals surface area contributed by atoms with Crippen molar-refractivity contribution in [3.05, 3.63) is 48.8 Å². The first kappa shape index (κ1) is 21.6. The molecule has 0 aromatic carbocycles. The number of fused-ring (bicyclic) bond motifs is 1. The summed E-state index contributed by atoms with van der Waals surface area (Å²) in [6.45, 7) is 7.18. The predicted molar refractivity (Wildman–Crippen MR) is 132 cm³/mol. The molecule has 0 radical (unpaired) electrons. The Bertz CT molecular complexity index is 1350. The van der Waals surface area contributed by atoms with E-state index in [4.69, 9.17) is 4.98 Å². The quantitative estimate of drug-likeness (QED) is 0.423. The van der Waals surface area contributed by atoms with Crippen LogP contribution in [0.3, 0.4) is 0 Å². The van der Waals surface area contributed by atoms with Crippen LogP contribution in [0.4, 0.5) is 11.5 Å². The third kappa shape index (κ3) is 3.96. The van der Waals surface area contributed by atoms with Crippen LogP contribution in [0.5, 0.6) is 0 Å². The molecular weight excluding hydrogens is 434 g/mol. The van der Waals surface area contributed by atoms with Gasteiger partial charge in [-0.2, -0.15) is 5.10 Å². The van der Waals surface area contributed by atoms with Gasteiger partial charge in [0.25, 0.3) is 5.91 Å². The summed E-state index contributed by atoms with van der Waals surface area (Å²) in [6.07, 6.45) is 4.73. The number of H-pyrrole nitrogens is 2. The number of aromatic nitrogens is 6. The van der Waals surface area contributed by atoms with Gasteiger partial charge in [0.1, 0.15) is 17.8 Å². The van der Waals surface area contributed by atoms with Crippen LogP contribution >= 0.6 is 0 Å². The standard InChI is InChI=1S/C23H25N9O2.2H2/c1-13-10-31(11-14(2)32(13)15(3)33)20-6-4-5-19(29-20)18-9-25-21-17(18)7-16(8-24-21)28-23(34)22-26-12-27-30-22;;/h4-9,12-14H,10-11H2,1-3H3,(H,24,25)(H,28,34)(H,26,27,30);2*1H/t13-,14+;;. The Hall–Kier alpha value is -4.28. The monoisotopic (exact) mass is 463 g/mol. The largest absolute Gasteiger partial charge is 0.352 e. The number of hydrogen-bond acceptors (Lipinski definition) is 7. The fraction of sp³-hybridized carbons (Fsp3) is 0.304. The van der Waals surface area contributed by atoms with Crippen molar-refractivity contribution in [3.63, 3.8) is 0 Å². The number of pyridine rings is 2. The van der Waals surface area contributed by atoms with Crippen LogP contribution in [0, 0.1) is 0 Å².